The molecule has 12 nitrogen and oxygen atoms in total. The number of hydrogen-bond acceptors (Lipinski definition) is 10. The highest BCUT2D eigenvalue weighted by molar-refractivity contribution is 7.90. The summed E-state index contributed by atoms with van der Waals surface area (Å²) in [6, 6.07) is 9.41. The molecule has 3 aromatic rings. The molecule has 1 N–H and O–H groups in total. The third kappa shape index (κ3) is 4.87. The maximum Gasteiger partial charge on any atom is 0.279 e. The molecule has 14 heteroatoms. The molecule has 2 aromatic carbocycles. The van der Waals surface area contributed by atoms with E-state index in [1.165, 1.54) is 19.1 Å². The second kappa shape index (κ2) is 8.53. The molecule has 0 spiro atoms. The quantitative estimate of drug-likeness (QED) is 0.408. The predicted octanol–water partition coefficient (Wildman–Crippen LogP) is 2.89. The Balaban J connectivity index is 1.83. The molecule has 0 saturated heterocycles. The highest BCUT2D eigenvalue weighted by atomic mass is 32.2. The van der Waals surface area contributed by atoms with Crippen LogP contribution in [0.1, 0.15) is 20.9 Å². The molecule has 0 atom stereocenters. The first-order chi connectivity index (χ1) is 14.6. The monoisotopic (exact) mass is 463 g/mol. The van der Waals surface area contributed by atoms with Crippen LogP contribution in [0, 0.1) is 27.2 Å². The van der Waals surface area contributed by atoms with E-state index in [1.54, 1.807) is 18.2 Å². The van der Waals surface area contributed by atoms with Crippen LogP contribution in [-0.4, -0.2) is 34.4 Å². The Kier molecular flexibility index (Phi) is 6.03. The Morgan fingerprint density at radius 2 is 1.77 bits per heavy atom. The van der Waals surface area contributed by atoms with Gasteiger partial charge in [-0.15, -0.1) is 10.2 Å². The van der Waals surface area contributed by atoms with E-state index in [2.05, 4.69) is 15.5 Å². The van der Waals surface area contributed by atoms with E-state index >= 15 is 0 Å². The number of amides is 1. The molecule has 1 amide bonds. The molecule has 3 rings (SSSR count). The van der Waals surface area contributed by atoms with Crippen LogP contribution in [0.5, 0.6) is 0 Å². The van der Waals surface area contributed by atoms with Crippen molar-refractivity contribution in [1.29, 1.82) is 0 Å². The fraction of sp³-hybridized carbons (Fsp3) is 0.118. The second-order valence-electron chi connectivity index (χ2n) is 6.18. The number of sulfone groups is 1. The topological polar surface area (TPSA) is 175 Å². The number of rotatable bonds is 7. The number of nitrogens with one attached hydrogen (secondary N) is 1. The van der Waals surface area contributed by atoms with Gasteiger partial charge in [-0.25, -0.2) is 8.42 Å². The SMILES string of the molecule is Cc1c(C(=O)Nc2nnc(CS(=O)(=O)c3ccccc3)s2)cc([N+](=O)[O-])cc1[N+](=O)[O-]. The zero-order chi connectivity index (χ0) is 22.8. The van der Waals surface area contributed by atoms with Crippen molar-refractivity contribution < 1.29 is 23.1 Å². The van der Waals surface area contributed by atoms with Gasteiger partial charge in [0, 0.05) is 11.6 Å². The maximum atomic E-state index is 12.6. The number of benzene rings is 2. The van der Waals surface area contributed by atoms with Crippen LogP contribution < -0.4 is 5.32 Å². The molecule has 0 fully saturated rings. The van der Waals surface area contributed by atoms with Gasteiger partial charge in [0.2, 0.25) is 5.13 Å². The average Bonchev–Trinajstić information content (AvgIpc) is 3.14. The lowest BCUT2D eigenvalue weighted by molar-refractivity contribution is -0.394. The van der Waals surface area contributed by atoms with Crippen molar-refractivity contribution in [2.24, 2.45) is 0 Å². The van der Waals surface area contributed by atoms with Crippen molar-refractivity contribution >= 4 is 43.6 Å². The normalized spacial score (nSPS) is 11.1. The molecule has 0 aliphatic heterocycles. The number of hydrogen-bond donors (Lipinski definition) is 1. The zero-order valence-electron chi connectivity index (χ0n) is 15.7. The first-order valence-electron chi connectivity index (χ1n) is 8.43. The van der Waals surface area contributed by atoms with Crippen molar-refractivity contribution in [2.75, 3.05) is 5.32 Å². The van der Waals surface area contributed by atoms with Gasteiger partial charge in [0.15, 0.2) is 9.84 Å². The molecule has 0 radical (unpaired) electrons. The van der Waals surface area contributed by atoms with E-state index in [0.29, 0.717) is 0 Å². The van der Waals surface area contributed by atoms with Crippen LogP contribution >= 0.6 is 11.3 Å². The molecule has 1 aromatic heterocycles. The standard InChI is InChI=1S/C17H13N5O7S2/c1-10-13(7-11(21(24)25)8-14(10)22(26)27)16(23)18-17-20-19-15(30-17)9-31(28,29)12-5-3-2-4-6-12/h2-8H,9H2,1H3,(H,18,20,23). The molecular weight excluding hydrogens is 450 g/mol. The summed E-state index contributed by atoms with van der Waals surface area (Å²) >= 11 is 0.803. The predicted molar refractivity (Wildman–Crippen MR) is 110 cm³/mol. The van der Waals surface area contributed by atoms with E-state index in [0.717, 1.165) is 23.5 Å². The fourth-order valence-corrected chi connectivity index (χ4v) is 4.97. The summed E-state index contributed by atoms with van der Waals surface area (Å²) in [5.41, 5.74) is -1.54. The van der Waals surface area contributed by atoms with Gasteiger partial charge in [-0.1, -0.05) is 29.5 Å². The molecule has 0 unspecified atom stereocenters. The number of nitro benzene ring substituents is 2. The first kappa shape index (κ1) is 21.9. The maximum absolute atomic E-state index is 12.6. The highest BCUT2D eigenvalue weighted by Crippen LogP contribution is 2.29. The van der Waals surface area contributed by atoms with E-state index in [4.69, 9.17) is 0 Å². The minimum atomic E-state index is -3.67. The summed E-state index contributed by atoms with van der Waals surface area (Å²) < 4.78 is 24.9. The summed E-state index contributed by atoms with van der Waals surface area (Å²) in [5, 5.41) is 32.1. The number of nitrogens with zero attached hydrogens (tertiary/aromatic N) is 4. The molecule has 1 heterocycles. The van der Waals surface area contributed by atoms with Crippen molar-refractivity contribution in [3.63, 3.8) is 0 Å². The van der Waals surface area contributed by atoms with Crippen LogP contribution in [0.15, 0.2) is 47.4 Å². The van der Waals surface area contributed by atoms with Crippen LogP contribution in [-0.2, 0) is 15.6 Å². The van der Waals surface area contributed by atoms with Crippen LogP contribution in [0.3, 0.4) is 0 Å². The zero-order valence-corrected chi connectivity index (χ0v) is 17.3. The van der Waals surface area contributed by atoms with E-state index < -0.39 is 42.7 Å². The number of carbonyl (C=O) groups is 1. The van der Waals surface area contributed by atoms with Gasteiger partial charge in [-0.2, -0.15) is 0 Å². The summed E-state index contributed by atoms with van der Waals surface area (Å²) in [6.45, 7) is 1.29. The Morgan fingerprint density at radius 3 is 2.39 bits per heavy atom. The lowest BCUT2D eigenvalue weighted by Crippen LogP contribution is -2.14. The molecule has 0 aliphatic rings. The van der Waals surface area contributed by atoms with Gasteiger partial charge < -0.3 is 0 Å². The molecule has 31 heavy (non-hydrogen) atoms. The van der Waals surface area contributed by atoms with Crippen LogP contribution in [0.4, 0.5) is 16.5 Å². The van der Waals surface area contributed by atoms with Gasteiger partial charge in [-0.3, -0.25) is 30.3 Å². The lowest BCUT2D eigenvalue weighted by Gasteiger charge is -2.06. The Bertz CT molecular complexity index is 1290. The molecular formula is C17H13N5O7S2. The van der Waals surface area contributed by atoms with E-state index in [-0.39, 0.29) is 26.2 Å². The molecule has 160 valence electrons. The van der Waals surface area contributed by atoms with Crippen molar-refractivity contribution in [2.45, 2.75) is 17.6 Å². The van der Waals surface area contributed by atoms with Crippen molar-refractivity contribution in [1.82, 2.24) is 10.2 Å². The number of non-ortho nitro benzene ring substituents is 1. The lowest BCUT2D eigenvalue weighted by atomic mass is 10.0. The Labute approximate surface area is 178 Å². The molecule has 0 aliphatic carbocycles. The first-order valence-corrected chi connectivity index (χ1v) is 10.9. The summed E-state index contributed by atoms with van der Waals surface area (Å²) in [6.07, 6.45) is 0. The second-order valence-corrected chi connectivity index (χ2v) is 9.23. The summed E-state index contributed by atoms with van der Waals surface area (Å²) in [5.74, 6) is -1.32. The van der Waals surface area contributed by atoms with Crippen LogP contribution in [0.2, 0.25) is 0 Å². The highest BCUT2D eigenvalue weighted by Gasteiger charge is 2.25. The van der Waals surface area contributed by atoms with Crippen LogP contribution in [0.25, 0.3) is 0 Å². The van der Waals surface area contributed by atoms with Crippen molar-refractivity contribution in [3.8, 4) is 0 Å². The van der Waals surface area contributed by atoms with Gasteiger partial charge in [0.25, 0.3) is 17.3 Å². The molecule has 0 bridgehead atoms. The average molecular weight is 463 g/mol. The number of anilines is 1. The Morgan fingerprint density at radius 1 is 1.10 bits per heavy atom. The number of carbonyl (C=O) groups excluding carboxylic acids is 1. The minimum Gasteiger partial charge on any atom is -0.296 e. The Hall–Kier alpha value is -3.78. The van der Waals surface area contributed by atoms with Crippen molar-refractivity contribution in [3.05, 3.63) is 78.8 Å². The fourth-order valence-electron chi connectivity index (χ4n) is 2.62. The number of aromatic nitrogens is 2. The minimum absolute atomic E-state index is 0.0585. The number of nitro groups is 2. The molecule has 0 saturated carbocycles. The van der Waals surface area contributed by atoms with Gasteiger partial charge in [-0.05, 0) is 19.1 Å². The smallest absolute Gasteiger partial charge is 0.279 e. The third-order valence-corrected chi connectivity index (χ3v) is 6.79. The largest absolute Gasteiger partial charge is 0.296 e. The van der Waals surface area contributed by atoms with E-state index in [9.17, 15) is 33.4 Å². The van der Waals surface area contributed by atoms with E-state index in [1.807, 2.05) is 0 Å². The van der Waals surface area contributed by atoms with Gasteiger partial charge >= 0.3 is 0 Å². The van der Waals surface area contributed by atoms with Gasteiger partial charge in [0.1, 0.15) is 10.8 Å². The summed E-state index contributed by atoms with van der Waals surface area (Å²) in [7, 11) is -3.67. The summed E-state index contributed by atoms with van der Waals surface area (Å²) in [4.78, 5) is 33.2. The van der Waals surface area contributed by atoms with Gasteiger partial charge in [0.05, 0.1) is 26.4 Å². The third-order valence-electron chi connectivity index (χ3n) is 4.12.